The fourth-order valence-corrected chi connectivity index (χ4v) is 2.41. The van der Waals surface area contributed by atoms with E-state index in [1.807, 2.05) is 19.1 Å². The molecule has 6 heteroatoms. The number of methoxy groups -OCH3 is 2. The summed E-state index contributed by atoms with van der Waals surface area (Å²) in [5, 5.41) is 0. The Morgan fingerprint density at radius 3 is 2.70 bits per heavy atom. The largest absolute Gasteiger partial charge is 0.494 e. The molecule has 6 nitrogen and oxygen atoms in total. The topological polar surface area (TPSA) is 70.8 Å². The van der Waals surface area contributed by atoms with Crippen LogP contribution >= 0.6 is 0 Å². The summed E-state index contributed by atoms with van der Waals surface area (Å²) in [5.74, 6) is 0.752. The number of hydrogen-bond donors (Lipinski definition) is 0. The van der Waals surface area contributed by atoms with Gasteiger partial charge in [0, 0.05) is 12.7 Å². The SMILES string of the molecule is CCOCc1ccc2oc3c(OC)c(=O)cc(OC)c-3nc2c1. The van der Waals surface area contributed by atoms with Gasteiger partial charge >= 0.3 is 0 Å². The van der Waals surface area contributed by atoms with Gasteiger partial charge in [0.1, 0.15) is 5.52 Å². The second kappa shape index (κ2) is 6.26. The highest BCUT2D eigenvalue weighted by atomic mass is 16.5. The van der Waals surface area contributed by atoms with Gasteiger partial charge in [-0.25, -0.2) is 4.98 Å². The van der Waals surface area contributed by atoms with Crippen molar-refractivity contribution in [1.82, 2.24) is 4.98 Å². The minimum absolute atomic E-state index is 0.119. The Hall–Kier alpha value is -2.60. The molecule has 0 fully saturated rings. The van der Waals surface area contributed by atoms with E-state index in [-0.39, 0.29) is 16.9 Å². The molecular formula is C17H17NO5. The lowest BCUT2D eigenvalue weighted by molar-refractivity contribution is 0.134. The van der Waals surface area contributed by atoms with Crippen molar-refractivity contribution < 1.29 is 18.6 Å². The van der Waals surface area contributed by atoms with Crippen molar-refractivity contribution in [2.75, 3.05) is 20.8 Å². The average molecular weight is 315 g/mol. The van der Waals surface area contributed by atoms with Gasteiger partial charge < -0.3 is 18.6 Å². The third kappa shape index (κ3) is 2.73. The molecule has 1 aromatic rings. The molecule has 1 heterocycles. The summed E-state index contributed by atoms with van der Waals surface area (Å²) in [5.41, 5.74) is 2.35. The van der Waals surface area contributed by atoms with Crippen LogP contribution in [0.3, 0.4) is 0 Å². The summed E-state index contributed by atoms with van der Waals surface area (Å²) in [7, 11) is 2.91. The summed E-state index contributed by atoms with van der Waals surface area (Å²) in [6.45, 7) is 3.09. The van der Waals surface area contributed by atoms with E-state index < -0.39 is 0 Å². The molecule has 0 atom stereocenters. The van der Waals surface area contributed by atoms with E-state index in [1.165, 1.54) is 20.3 Å². The molecule has 0 bridgehead atoms. The van der Waals surface area contributed by atoms with Gasteiger partial charge in [-0.1, -0.05) is 6.07 Å². The van der Waals surface area contributed by atoms with Crippen LogP contribution in [-0.2, 0) is 11.3 Å². The zero-order valence-electron chi connectivity index (χ0n) is 13.2. The summed E-state index contributed by atoms with van der Waals surface area (Å²) in [6, 6.07) is 6.95. The minimum atomic E-state index is -0.310. The van der Waals surface area contributed by atoms with Gasteiger partial charge in [0.05, 0.1) is 20.8 Å². The standard InChI is InChI=1S/C17H17NO5/c1-4-22-9-10-5-6-13-11(7-10)18-15-14(20-2)8-12(19)16(21-3)17(15)23-13/h5-8H,4,9H2,1-3H3. The molecule has 0 saturated heterocycles. The van der Waals surface area contributed by atoms with Crippen molar-refractivity contribution in [3.8, 4) is 23.0 Å². The van der Waals surface area contributed by atoms with E-state index in [0.29, 0.717) is 35.8 Å². The van der Waals surface area contributed by atoms with Crippen LogP contribution in [0.5, 0.6) is 11.5 Å². The van der Waals surface area contributed by atoms with Crippen LogP contribution in [0.4, 0.5) is 0 Å². The fourth-order valence-electron chi connectivity index (χ4n) is 2.41. The highest BCUT2D eigenvalue weighted by Gasteiger charge is 2.23. The van der Waals surface area contributed by atoms with Gasteiger partial charge in [0.15, 0.2) is 17.0 Å². The molecule has 0 spiro atoms. The Morgan fingerprint density at radius 1 is 1.17 bits per heavy atom. The normalized spacial score (nSPS) is 11.1. The molecule has 0 saturated carbocycles. The van der Waals surface area contributed by atoms with Gasteiger partial charge in [-0.2, -0.15) is 0 Å². The molecule has 1 aliphatic carbocycles. The van der Waals surface area contributed by atoms with Crippen LogP contribution < -0.4 is 14.9 Å². The molecule has 1 aliphatic heterocycles. The van der Waals surface area contributed by atoms with Crippen LogP contribution in [0.25, 0.3) is 22.6 Å². The maximum Gasteiger partial charge on any atom is 0.228 e. The molecule has 0 aromatic heterocycles. The summed E-state index contributed by atoms with van der Waals surface area (Å²) in [4.78, 5) is 16.6. The molecule has 120 valence electrons. The van der Waals surface area contributed by atoms with E-state index in [1.54, 1.807) is 6.07 Å². The van der Waals surface area contributed by atoms with Crippen LogP contribution in [0.1, 0.15) is 12.5 Å². The number of benzene rings is 2. The van der Waals surface area contributed by atoms with E-state index >= 15 is 0 Å². The zero-order valence-corrected chi connectivity index (χ0v) is 13.2. The molecule has 1 aromatic carbocycles. The van der Waals surface area contributed by atoms with Crippen molar-refractivity contribution in [3.05, 3.63) is 40.1 Å². The number of aromatic nitrogens is 1. The Bertz CT molecular complexity index is 871. The molecule has 2 aliphatic rings. The maximum absolute atomic E-state index is 12.0. The first-order valence-corrected chi connectivity index (χ1v) is 7.24. The first-order chi connectivity index (χ1) is 11.2. The number of ether oxygens (including phenoxy) is 3. The monoisotopic (exact) mass is 315 g/mol. The Labute approximate surface area is 133 Å². The second-order valence-electron chi connectivity index (χ2n) is 4.94. The minimum Gasteiger partial charge on any atom is -0.494 e. The number of rotatable bonds is 5. The van der Waals surface area contributed by atoms with Crippen molar-refractivity contribution in [1.29, 1.82) is 0 Å². The molecule has 0 unspecified atom stereocenters. The van der Waals surface area contributed by atoms with Crippen LogP contribution in [-0.4, -0.2) is 25.8 Å². The molecule has 0 radical (unpaired) electrons. The summed E-state index contributed by atoms with van der Waals surface area (Å²) >= 11 is 0. The van der Waals surface area contributed by atoms with E-state index in [2.05, 4.69) is 4.98 Å². The third-order valence-corrected chi connectivity index (χ3v) is 3.51. The summed E-state index contributed by atoms with van der Waals surface area (Å²) < 4.78 is 21.7. The van der Waals surface area contributed by atoms with Gasteiger partial charge in [0.25, 0.3) is 0 Å². The first kappa shape index (κ1) is 15.3. The fraction of sp³-hybridized carbons (Fsp3) is 0.294. The highest BCUT2D eigenvalue weighted by molar-refractivity contribution is 5.80. The highest BCUT2D eigenvalue weighted by Crippen LogP contribution is 2.37. The quantitative estimate of drug-likeness (QED) is 0.674. The smallest absolute Gasteiger partial charge is 0.228 e. The van der Waals surface area contributed by atoms with Gasteiger partial charge in [-0.3, -0.25) is 4.79 Å². The zero-order chi connectivity index (χ0) is 16.4. The molecule has 0 N–H and O–H groups in total. The number of fused-ring (bicyclic) bond motifs is 2. The van der Waals surface area contributed by atoms with E-state index in [0.717, 1.165) is 5.56 Å². The third-order valence-electron chi connectivity index (χ3n) is 3.51. The Morgan fingerprint density at radius 2 is 2.00 bits per heavy atom. The van der Waals surface area contributed by atoms with E-state index in [9.17, 15) is 4.79 Å². The van der Waals surface area contributed by atoms with Crippen molar-refractivity contribution in [2.45, 2.75) is 13.5 Å². The Kier molecular flexibility index (Phi) is 4.16. The van der Waals surface area contributed by atoms with Crippen molar-refractivity contribution in [3.63, 3.8) is 0 Å². The molecule has 3 rings (SSSR count). The Balaban J connectivity index is 2.26. The maximum atomic E-state index is 12.0. The molecular weight excluding hydrogens is 298 g/mol. The predicted molar refractivity (Wildman–Crippen MR) is 85.3 cm³/mol. The van der Waals surface area contributed by atoms with Gasteiger partial charge in [-0.15, -0.1) is 0 Å². The van der Waals surface area contributed by atoms with Crippen LogP contribution in [0.15, 0.2) is 33.5 Å². The van der Waals surface area contributed by atoms with E-state index in [4.69, 9.17) is 18.6 Å². The lowest BCUT2D eigenvalue weighted by Gasteiger charge is -2.13. The van der Waals surface area contributed by atoms with Crippen LogP contribution in [0.2, 0.25) is 0 Å². The average Bonchev–Trinajstić information content (AvgIpc) is 2.57. The number of nitrogens with zero attached hydrogens (tertiary/aromatic N) is 1. The van der Waals surface area contributed by atoms with Gasteiger partial charge in [0.2, 0.25) is 16.9 Å². The lowest BCUT2D eigenvalue weighted by Crippen LogP contribution is -2.09. The lowest BCUT2D eigenvalue weighted by atomic mass is 10.1. The van der Waals surface area contributed by atoms with Crippen LogP contribution in [0, 0.1) is 0 Å². The number of hydrogen-bond acceptors (Lipinski definition) is 6. The molecule has 23 heavy (non-hydrogen) atoms. The van der Waals surface area contributed by atoms with Crippen molar-refractivity contribution in [2.24, 2.45) is 0 Å². The van der Waals surface area contributed by atoms with Gasteiger partial charge in [-0.05, 0) is 24.6 Å². The van der Waals surface area contributed by atoms with Crippen molar-refractivity contribution >= 4 is 11.1 Å². The second-order valence-corrected chi connectivity index (χ2v) is 4.94. The summed E-state index contributed by atoms with van der Waals surface area (Å²) in [6.07, 6.45) is 0. The first-order valence-electron chi connectivity index (χ1n) is 7.24. The molecule has 0 amide bonds. The predicted octanol–water partition coefficient (Wildman–Crippen LogP) is 2.85.